The largest absolute Gasteiger partial charge is 0.467 e. The number of aryl methyl sites for hydroxylation is 1. The Morgan fingerprint density at radius 2 is 1.75 bits per heavy atom. The summed E-state index contributed by atoms with van der Waals surface area (Å²) in [6.45, 7) is 3.15. The average molecular weight is 450 g/mol. The fraction of sp³-hybridized carbons (Fsp3) is 0.174. The number of furan rings is 1. The van der Waals surface area contributed by atoms with Crippen LogP contribution in [0.3, 0.4) is 0 Å². The van der Waals surface area contributed by atoms with Crippen molar-refractivity contribution in [3.63, 3.8) is 0 Å². The number of aromatic nitrogens is 2. The van der Waals surface area contributed by atoms with Crippen molar-refractivity contribution in [2.24, 2.45) is 0 Å². The molecule has 3 amide bonds. The summed E-state index contributed by atoms with van der Waals surface area (Å²) in [7, 11) is 0. The van der Waals surface area contributed by atoms with Crippen LogP contribution in [-0.4, -0.2) is 27.2 Å². The second-order valence-electron chi connectivity index (χ2n) is 6.93. The summed E-state index contributed by atoms with van der Waals surface area (Å²) in [6.07, 6.45) is 1.56. The Bertz CT molecular complexity index is 1200. The molecule has 0 atom stereocenters. The first-order chi connectivity index (χ1) is 15.6. The van der Waals surface area contributed by atoms with E-state index in [9.17, 15) is 9.59 Å². The van der Waals surface area contributed by atoms with E-state index in [2.05, 4.69) is 32.4 Å². The van der Waals surface area contributed by atoms with Gasteiger partial charge in [0.1, 0.15) is 5.76 Å². The molecule has 9 heteroatoms. The van der Waals surface area contributed by atoms with Crippen LogP contribution in [0, 0.1) is 0 Å². The molecule has 0 fully saturated rings. The van der Waals surface area contributed by atoms with Crippen LogP contribution in [-0.2, 0) is 17.9 Å². The van der Waals surface area contributed by atoms with E-state index in [-0.39, 0.29) is 17.7 Å². The van der Waals surface area contributed by atoms with Crippen LogP contribution in [0.15, 0.2) is 76.5 Å². The fourth-order valence-corrected chi connectivity index (χ4v) is 4.07. The second kappa shape index (κ2) is 10.1. The number of fused-ring (bicyclic) bond motifs is 1. The summed E-state index contributed by atoms with van der Waals surface area (Å²) in [5.41, 5.74) is 3.26. The smallest absolute Gasteiger partial charge is 0.319 e. The summed E-state index contributed by atoms with van der Waals surface area (Å²) < 4.78 is 7.28. The third kappa shape index (κ3) is 5.30. The number of thioether (sulfide) groups is 1. The monoisotopic (exact) mass is 449 g/mol. The molecular weight excluding hydrogens is 426 g/mol. The number of hydrogen-bond donors (Lipinski definition) is 3. The molecule has 2 heterocycles. The van der Waals surface area contributed by atoms with Crippen LogP contribution in [0.2, 0.25) is 0 Å². The number of rotatable bonds is 8. The number of nitrogens with zero attached hydrogens (tertiary/aromatic N) is 2. The van der Waals surface area contributed by atoms with Crippen molar-refractivity contribution in [1.29, 1.82) is 0 Å². The minimum absolute atomic E-state index is 0.124. The van der Waals surface area contributed by atoms with E-state index in [1.807, 2.05) is 24.3 Å². The fourth-order valence-electron chi connectivity index (χ4n) is 3.19. The summed E-state index contributed by atoms with van der Waals surface area (Å²) in [5.74, 6) is 0.797. The number of benzene rings is 2. The Kier molecular flexibility index (Phi) is 6.76. The van der Waals surface area contributed by atoms with Crippen molar-refractivity contribution in [3.05, 3.63) is 72.7 Å². The number of hydrogen-bond acceptors (Lipinski definition) is 5. The van der Waals surface area contributed by atoms with E-state index in [1.165, 1.54) is 11.8 Å². The average Bonchev–Trinajstić information content (AvgIpc) is 3.45. The lowest BCUT2D eigenvalue weighted by Gasteiger charge is -2.09. The van der Waals surface area contributed by atoms with Gasteiger partial charge in [-0.15, -0.1) is 0 Å². The molecule has 0 saturated carbocycles. The van der Waals surface area contributed by atoms with Gasteiger partial charge >= 0.3 is 6.03 Å². The maximum Gasteiger partial charge on any atom is 0.319 e. The Morgan fingerprint density at radius 3 is 2.47 bits per heavy atom. The van der Waals surface area contributed by atoms with Gasteiger partial charge in [0, 0.05) is 17.9 Å². The molecule has 0 spiro atoms. The number of urea groups is 1. The second-order valence-corrected chi connectivity index (χ2v) is 7.87. The van der Waals surface area contributed by atoms with Crippen molar-refractivity contribution in [2.45, 2.75) is 25.2 Å². The van der Waals surface area contributed by atoms with E-state index in [0.29, 0.717) is 23.7 Å². The molecule has 32 heavy (non-hydrogen) atoms. The predicted molar refractivity (Wildman–Crippen MR) is 126 cm³/mol. The Balaban J connectivity index is 1.27. The molecule has 0 radical (unpaired) electrons. The number of imidazole rings is 1. The van der Waals surface area contributed by atoms with E-state index < -0.39 is 0 Å². The van der Waals surface area contributed by atoms with Crippen molar-refractivity contribution in [1.82, 2.24) is 14.9 Å². The highest BCUT2D eigenvalue weighted by Gasteiger charge is 2.12. The Labute approximate surface area is 189 Å². The molecule has 2 aromatic heterocycles. The lowest BCUT2D eigenvalue weighted by Crippen LogP contribution is -2.27. The zero-order chi connectivity index (χ0) is 22.3. The molecule has 0 aliphatic carbocycles. The highest BCUT2D eigenvalue weighted by molar-refractivity contribution is 7.99. The lowest BCUT2D eigenvalue weighted by molar-refractivity contribution is -0.113. The minimum atomic E-state index is -0.339. The SMILES string of the molecule is CCn1c(SCC(=O)Nc2ccc(NC(=O)NCc3ccco3)cc2)nc2ccccc21. The molecule has 164 valence electrons. The first-order valence-electron chi connectivity index (χ1n) is 10.2. The van der Waals surface area contributed by atoms with Crippen LogP contribution in [0.1, 0.15) is 12.7 Å². The van der Waals surface area contributed by atoms with Crippen molar-refractivity contribution in [3.8, 4) is 0 Å². The summed E-state index contributed by atoms with van der Waals surface area (Å²) in [6, 6.07) is 18.1. The summed E-state index contributed by atoms with van der Waals surface area (Å²) in [5, 5.41) is 9.14. The molecule has 4 rings (SSSR count). The molecule has 0 aliphatic heterocycles. The van der Waals surface area contributed by atoms with Gasteiger partial charge < -0.3 is 24.9 Å². The van der Waals surface area contributed by atoms with Crippen molar-refractivity contribution < 1.29 is 14.0 Å². The Hall–Kier alpha value is -3.72. The van der Waals surface area contributed by atoms with Crippen LogP contribution in [0.25, 0.3) is 11.0 Å². The van der Waals surface area contributed by atoms with Gasteiger partial charge in [0.2, 0.25) is 5.91 Å². The predicted octanol–water partition coefficient (Wildman–Crippen LogP) is 4.70. The highest BCUT2D eigenvalue weighted by atomic mass is 32.2. The van der Waals surface area contributed by atoms with Gasteiger partial charge in [0.05, 0.1) is 29.6 Å². The van der Waals surface area contributed by atoms with Gasteiger partial charge in [-0.3, -0.25) is 4.79 Å². The zero-order valence-electron chi connectivity index (χ0n) is 17.5. The van der Waals surface area contributed by atoms with E-state index in [1.54, 1.807) is 42.7 Å². The molecule has 0 bridgehead atoms. The number of carbonyl (C=O) groups is 2. The normalized spacial score (nSPS) is 10.8. The number of para-hydroxylation sites is 2. The van der Waals surface area contributed by atoms with Crippen LogP contribution in [0.4, 0.5) is 16.2 Å². The lowest BCUT2D eigenvalue weighted by atomic mass is 10.3. The molecule has 8 nitrogen and oxygen atoms in total. The van der Waals surface area contributed by atoms with E-state index in [0.717, 1.165) is 22.7 Å². The van der Waals surface area contributed by atoms with Crippen molar-refractivity contribution >= 4 is 46.1 Å². The Morgan fingerprint density at radius 1 is 1.00 bits per heavy atom. The third-order valence-electron chi connectivity index (χ3n) is 4.70. The van der Waals surface area contributed by atoms with Crippen LogP contribution >= 0.6 is 11.8 Å². The minimum Gasteiger partial charge on any atom is -0.467 e. The zero-order valence-corrected chi connectivity index (χ0v) is 18.3. The molecular formula is C23H23N5O3S. The maximum atomic E-state index is 12.4. The molecule has 3 N–H and O–H groups in total. The van der Waals surface area contributed by atoms with Gasteiger partial charge in [-0.05, 0) is 55.5 Å². The van der Waals surface area contributed by atoms with Gasteiger partial charge in [-0.2, -0.15) is 0 Å². The number of anilines is 2. The molecule has 0 saturated heterocycles. The first-order valence-corrected chi connectivity index (χ1v) is 11.2. The number of carbonyl (C=O) groups excluding carboxylic acids is 2. The quantitative estimate of drug-likeness (QED) is 0.339. The van der Waals surface area contributed by atoms with Gasteiger partial charge in [0.15, 0.2) is 5.16 Å². The maximum absolute atomic E-state index is 12.4. The highest BCUT2D eigenvalue weighted by Crippen LogP contribution is 2.24. The summed E-state index contributed by atoms with van der Waals surface area (Å²) in [4.78, 5) is 29.0. The standard InChI is InChI=1S/C23H23N5O3S/c1-2-28-20-8-4-3-7-19(20)27-23(28)32-15-21(29)25-16-9-11-17(12-10-16)26-22(30)24-14-18-6-5-13-31-18/h3-13H,2,14-15H2,1H3,(H,25,29)(H2,24,26,30). The summed E-state index contributed by atoms with van der Waals surface area (Å²) >= 11 is 1.41. The van der Waals surface area contributed by atoms with E-state index in [4.69, 9.17) is 4.42 Å². The first kappa shape index (κ1) is 21.5. The third-order valence-corrected chi connectivity index (χ3v) is 5.67. The molecule has 0 aliphatic rings. The topological polar surface area (TPSA) is 101 Å². The number of amides is 3. The van der Waals surface area contributed by atoms with Gasteiger partial charge in [0.25, 0.3) is 0 Å². The van der Waals surface area contributed by atoms with E-state index >= 15 is 0 Å². The van der Waals surface area contributed by atoms with Gasteiger partial charge in [-0.25, -0.2) is 9.78 Å². The molecule has 2 aromatic carbocycles. The molecule has 0 unspecified atom stereocenters. The number of nitrogens with one attached hydrogen (secondary N) is 3. The molecule has 4 aromatic rings. The van der Waals surface area contributed by atoms with Crippen LogP contribution in [0.5, 0.6) is 0 Å². The van der Waals surface area contributed by atoms with Gasteiger partial charge in [-0.1, -0.05) is 23.9 Å². The van der Waals surface area contributed by atoms with Crippen molar-refractivity contribution in [2.75, 3.05) is 16.4 Å². The van der Waals surface area contributed by atoms with Crippen LogP contribution < -0.4 is 16.0 Å².